The second kappa shape index (κ2) is 25.8. The zero-order valence-corrected chi connectivity index (χ0v) is 46.2. The topological polar surface area (TPSA) is 128 Å². The minimum Gasteiger partial charge on any atom is -0.334 e. The van der Waals surface area contributed by atoms with Crippen LogP contribution in [0.1, 0.15) is 199 Å². The molecule has 394 valence electrons. The lowest BCUT2D eigenvalue weighted by Gasteiger charge is -2.28. The van der Waals surface area contributed by atoms with Crippen LogP contribution in [0, 0.1) is 11.8 Å². The second-order valence-corrected chi connectivity index (χ2v) is 21.8. The second-order valence-electron chi connectivity index (χ2n) is 21.8. The average Bonchev–Trinajstić information content (AvgIpc) is 4.21. The van der Waals surface area contributed by atoms with E-state index in [9.17, 15) is 14.4 Å². The molecular weight excluding hydrogens is 921 g/mol. The Morgan fingerprint density at radius 1 is 0.500 bits per heavy atom. The fraction of sp³-hybridized carbons (Fsp3) is 0.492. The third-order valence-corrected chi connectivity index (χ3v) is 14.4. The summed E-state index contributed by atoms with van der Waals surface area (Å²) in [5, 5.41) is 18.2. The van der Waals surface area contributed by atoms with Crippen LogP contribution >= 0.6 is 0 Å². The number of ketones is 3. The predicted octanol–water partition coefficient (Wildman–Crippen LogP) is 11.6. The summed E-state index contributed by atoms with van der Waals surface area (Å²) in [6.07, 6.45) is 16.0. The highest BCUT2D eigenvalue weighted by atomic mass is 16.1. The number of carbonyl (C=O) groups is 3. The molecule has 2 saturated heterocycles. The Bertz CT molecular complexity index is 2950. The number of nitrogens with zero attached hydrogens (tertiary/aromatic N) is 9. The molecule has 0 aliphatic carbocycles. The molecule has 2 aliphatic rings. The highest BCUT2D eigenvalue weighted by Crippen LogP contribution is 2.28. The van der Waals surface area contributed by atoms with Gasteiger partial charge >= 0.3 is 0 Å². The number of likely N-dealkylation sites (tertiary alicyclic amines) is 2. The molecule has 74 heavy (non-hydrogen) atoms. The van der Waals surface area contributed by atoms with E-state index in [1.54, 1.807) is 9.42 Å². The normalized spacial score (nSPS) is 15.3. The molecule has 8 aromatic rings. The van der Waals surface area contributed by atoms with Crippen molar-refractivity contribution >= 4 is 39.4 Å². The van der Waals surface area contributed by atoms with E-state index in [2.05, 4.69) is 107 Å². The van der Waals surface area contributed by atoms with Crippen LogP contribution in [0.25, 0.3) is 22.1 Å². The Labute approximate surface area is 439 Å². The number of quaternary nitrogens is 1. The van der Waals surface area contributed by atoms with Gasteiger partial charge in [-0.05, 0) is 130 Å². The van der Waals surface area contributed by atoms with E-state index >= 15 is 0 Å². The first kappa shape index (κ1) is 55.4. The van der Waals surface area contributed by atoms with Gasteiger partial charge in [-0.1, -0.05) is 99.9 Å². The van der Waals surface area contributed by atoms with E-state index in [1.165, 1.54) is 57.1 Å². The summed E-state index contributed by atoms with van der Waals surface area (Å²) < 4.78 is 7.40. The molecule has 0 aromatic carbocycles. The molecule has 0 saturated carbocycles. The standard InChI is InChI=1S/2C19H27N3O.C13H16N2O.C10H12N2/c2*1-14(2)18-17(16-9-5-8-12-22(16)20-18)19(23)15(3)13-21-10-6-4-7-11-21;1-4-11(16)12-10-7-5-6-8-15(10)14-13(12)9(2)3;1-8(2)10-7-9-5-3-4-6-12(9)11-10/h2*5,8-9,12,14-15H,4,6-7,10-11,13H2,1-3H3;5-9H,4H2,1-3H3;3-8H,1-2H3/p+1. The van der Waals surface area contributed by atoms with Crippen molar-refractivity contribution in [1.82, 2.24) is 43.4 Å². The van der Waals surface area contributed by atoms with Gasteiger partial charge in [-0.15, -0.1) is 0 Å². The molecule has 2 unspecified atom stereocenters. The Morgan fingerprint density at radius 2 is 0.932 bits per heavy atom. The third-order valence-electron chi connectivity index (χ3n) is 14.4. The number of nitrogens with one attached hydrogen (secondary N) is 1. The smallest absolute Gasteiger partial charge is 0.175 e. The predicted molar refractivity (Wildman–Crippen MR) is 298 cm³/mol. The third kappa shape index (κ3) is 13.3. The van der Waals surface area contributed by atoms with E-state index < -0.39 is 0 Å². The Morgan fingerprint density at radius 3 is 1.39 bits per heavy atom. The monoisotopic (exact) mass is 1000 g/mol. The fourth-order valence-corrected chi connectivity index (χ4v) is 10.4. The highest BCUT2D eigenvalue weighted by Gasteiger charge is 2.30. The minimum atomic E-state index is 0.0128. The quantitative estimate of drug-likeness (QED) is 0.107. The van der Waals surface area contributed by atoms with Gasteiger partial charge in [0, 0.05) is 43.7 Å². The number of piperidine rings is 2. The van der Waals surface area contributed by atoms with Crippen LogP contribution in [0.5, 0.6) is 0 Å². The van der Waals surface area contributed by atoms with Gasteiger partial charge in [-0.3, -0.25) is 14.4 Å². The van der Waals surface area contributed by atoms with Crippen LogP contribution in [0.15, 0.2) is 104 Å². The van der Waals surface area contributed by atoms with E-state index in [0.29, 0.717) is 12.3 Å². The zero-order chi connectivity index (χ0) is 53.1. The maximum atomic E-state index is 13.2. The molecular formula is C61H83N10O3+. The molecule has 2 atom stereocenters. The summed E-state index contributed by atoms with van der Waals surface area (Å²) in [5.41, 5.74) is 10.3. The number of pyridine rings is 4. The number of fused-ring (bicyclic) bond motifs is 4. The molecule has 2 fully saturated rings. The molecule has 0 spiro atoms. The first-order valence-corrected chi connectivity index (χ1v) is 27.6. The number of hydrogen-bond donors (Lipinski definition) is 1. The molecule has 1 N–H and O–H groups in total. The Kier molecular flexibility index (Phi) is 19.3. The molecule has 10 heterocycles. The van der Waals surface area contributed by atoms with Gasteiger partial charge in [0.2, 0.25) is 0 Å². The van der Waals surface area contributed by atoms with Crippen LogP contribution in [-0.4, -0.2) is 100.0 Å². The van der Waals surface area contributed by atoms with Gasteiger partial charge in [0.25, 0.3) is 0 Å². The molecule has 8 aromatic heterocycles. The van der Waals surface area contributed by atoms with Crippen LogP contribution in [0.2, 0.25) is 0 Å². The van der Waals surface area contributed by atoms with Crippen molar-refractivity contribution in [2.45, 2.75) is 145 Å². The Hall–Kier alpha value is -6.31. The van der Waals surface area contributed by atoms with Gasteiger partial charge in [0.1, 0.15) is 0 Å². The molecule has 10 rings (SSSR count). The molecule has 0 bridgehead atoms. The van der Waals surface area contributed by atoms with Crippen molar-refractivity contribution in [1.29, 1.82) is 0 Å². The Balaban J connectivity index is 0.000000148. The summed E-state index contributed by atoms with van der Waals surface area (Å²) in [5.74, 6) is 2.00. The van der Waals surface area contributed by atoms with Crippen LogP contribution in [0.3, 0.4) is 0 Å². The van der Waals surface area contributed by atoms with Crippen LogP contribution in [-0.2, 0) is 0 Å². The van der Waals surface area contributed by atoms with E-state index in [1.807, 2.05) is 112 Å². The van der Waals surface area contributed by atoms with E-state index in [0.717, 1.165) is 82.2 Å². The van der Waals surface area contributed by atoms with Crippen LogP contribution < -0.4 is 4.90 Å². The lowest BCUT2D eigenvalue weighted by Crippen LogP contribution is -3.13. The number of Topliss-reactive ketones (excluding diaryl/α,β-unsaturated/α-hetero) is 3. The number of hydrogen-bond acceptors (Lipinski definition) is 8. The molecule has 0 radical (unpaired) electrons. The van der Waals surface area contributed by atoms with Gasteiger partial charge in [-0.25, -0.2) is 18.1 Å². The SMILES string of the molecule is CC(C)c1cc2ccccn2n1.CC(CN1CCCCC1)C(=O)c1c(C(C)C)nn2ccccc12.CC(C[NH+]1CCCCC1)C(=O)c1c(C(C)C)nn2ccccc12.CCC(=O)c1c(C(C)C)nn2ccccc12. The fourth-order valence-electron chi connectivity index (χ4n) is 10.4. The van der Waals surface area contributed by atoms with E-state index in [-0.39, 0.29) is 46.9 Å². The van der Waals surface area contributed by atoms with Crippen molar-refractivity contribution in [3.8, 4) is 0 Å². The van der Waals surface area contributed by atoms with Crippen LogP contribution in [0.4, 0.5) is 0 Å². The summed E-state index contributed by atoms with van der Waals surface area (Å²) in [6.45, 7) is 29.4. The number of carbonyl (C=O) groups excluding carboxylic acids is 3. The first-order valence-electron chi connectivity index (χ1n) is 27.6. The average molecular weight is 1000 g/mol. The summed E-state index contributed by atoms with van der Waals surface area (Å²) in [4.78, 5) is 42.3. The largest absolute Gasteiger partial charge is 0.334 e. The lowest BCUT2D eigenvalue weighted by molar-refractivity contribution is -0.906. The maximum absolute atomic E-state index is 13.2. The van der Waals surface area contributed by atoms with Gasteiger partial charge < -0.3 is 9.80 Å². The molecule has 0 amide bonds. The number of rotatable bonds is 14. The van der Waals surface area contributed by atoms with Crippen molar-refractivity contribution in [3.63, 3.8) is 0 Å². The van der Waals surface area contributed by atoms with Gasteiger partial charge in [-0.2, -0.15) is 20.4 Å². The summed E-state index contributed by atoms with van der Waals surface area (Å²) >= 11 is 0. The molecule has 13 nitrogen and oxygen atoms in total. The minimum absolute atomic E-state index is 0.0128. The zero-order valence-electron chi connectivity index (χ0n) is 46.2. The summed E-state index contributed by atoms with van der Waals surface area (Å²) in [6, 6.07) is 25.9. The van der Waals surface area contributed by atoms with Gasteiger partial charge in [0.05, 0.1) is 87.1 Å². The van der Waals surface area contributed by atoms with Crippen molar-refractivity contribution in [2.75, 3.05) is 39.3 Å². The molecule has 13 heteroatoms. The highest BCUT2D eigenvalue weighted by molar-refractivity contribution is 6.06. The molecule has 2 aliphatic heterocycles. The van der Waals surface area contributed by atoms with Crippen molar-refractivity contribution < 1.29 is 19.3 Å². The first-order chi connectivity index (χ1) is 35.6. The lowest BCUT2D eigenvalue weighted by atomic mass is 9.93. The van der Waals surface area contributed by atoms with E-state index in [4.69, 9.17) is 0 Å². The summed E-state index contributed by atoms with van der Waals surface area (Å²) in [7, 11) is 0. The number of aromatic nitrogens is 8. The van der Waals surface area contributed by atoms with Crippen molar-refractivity contribution in [2.24, 2.45) is 11.8 Å². The van der Waals surface area contributed by atoms with Gasteiger partial charge in [0.15, 0.2) is 17.3 Å². The van der Waals surface area contributed by atoms with Crippen molar-refractivity contribution in [3.05, 3.63) is 143 Å². The maximum Gasteiger partial charge on any atom is 0.175 e.